The Hall–Kier alpha value is -1.12. The maximum Gasteiger partial charge on any atom is 0.303 e. The zero-order valence-electron chi connectivity index (χ0n) is 12.7. The van der Waals surface area contributed by atoms with E-state index in [1.807, 2.05) is 0 Å². The quantitative estimate of drug-likeness (QED) is 0.865. The van der Waals surface area contributed by atoms with Gasteiger partial charge in [0.1, 0.15) is 0 Å². The third-order valence-corrected chi connectivity index (χ3v) is 7.04. The summed E-state index contributed by atoms with van der Waals surface area (Å²) in [5.41, 5.74) is -0.249. The van der Waals surface area contributed by atoms with Crippen molar-refractivity contribution in [3.63, 3.8) is 0 Å². The van der Waals surface area contributed by atoms with Gasteiger partial charge in [-0.15, -0.1) is 0 Å². The number of aliphatic carboxylic acids is 1. The van der Waals surface area contributed by atoms with Gasteiger partial charge in [0.25, 0.3) is 0 Å². The van der Waals surface area contributed by atoms with Crippen LogP contribution in [0.2, 0.25) is 0 Å². The molecule has 0 radical (unpaired) electrons. The number of hydrogen-bond donors (Lipinski definition) is 1. The molecule has 1 N–H and O–H groups in total. The number of carboxylic acids is 1. The molecular formula is C18H24O3. The van der Waals surface area contributed by atoms with Gasteiger partial charge in [-0.2, -0.15) is 0 Å². The van der Waals surface area contributed by atoms with Gasteiger partial charge in [-0.1, -0.05) is 13.0 Å². The lowest BCUT2D eigenvalue weighted by Crippen LogP contribution is -2.60. The third kappa shape index (κ3) is 1.79. The smallest absolute Gasteiger partial charge is 0.303 e. The predicted octanol–water partition coefficient (Wildman–Crippen LogP) is 3.44. The van der Waals surface area contributed by atoms with Gasteiger partial charge in [0.2, 0.25) is 0 Å². The van der Waals surface area contributed by atoms with E-state index in [-0.39, 0.29) is 17.6 Å². The van der Waals surface area contributed by atoms with Gasteiger partial charge < -0.3 is 5.11 Å². The van der Waals surface area contributed by atoms with Crippen LogP contribution in [0.25, 0.3) is 0 Å². The molecule has 0 aromatic heterocycles. The summed E-state index contributed by atoms with van der Waals surface area (Å²) in [5, 5.41) is 9.06. The molecule has 114 valence electrons. The van der Waals surface area contributed by atoms with Crippen molar-refractivity contribution in [2.45, 2.75) is 51.9 Å². The van der Waals surface area contributed by atoms with Gasteiger partial charge in [-0.05, 0) is 73.7 Å². The lowest BCUT2D eigenvalue weighted by atomic mass is 9.38. The molecule has 0 aliphatic heterocycles. The fourth-order valence-electron chi connectivity index (χ4n) is 6.73. The molecule has 4 fully saturated rings. The molecule has 21 heavy (non-hydrogen) atoms. The summed E-state index contributed by atoms with van der Waals surface area (Å²) in [6.45, 7) is 2.05. The minimum atomic E-state index is -0.781. The van der Waals surface area contributed by atoms with E-state index in [2.05, 4.69) is 13.0 Å². The van der Waals surface area contributed by atoms with Crippen LogP contribution in [0.15, 0.2) is 12.2 Å². The Morgan fingerprint density at radius 3 is 2.57 bits per heavy atom. The molecule has 3 heteroatoms. The second-order valence-electron chi connectivity index (χ2n) is 8.33. The Morgan fingerprint density at radius 1 is 1.29 bits per heavy atom. The minimum Gasteiger partial charge on any atom is -0.481 e. The average molecular weight is 288 g/mol. The van der Waals surface area contributed by atoms with Crippen molar-refractivity contribution in [2.24, 2.45) is 34.5 Å². The molecule has 3 nitrogen and oxygen atoms in total. The highest BCUT2D eigenvalue weighted by Gasteiger charge is 2.63. The van der Waals surface area contributed by atoms with E-state index in [9.17, 15) is 9.59 Å². The minimum absolute atomic E-state index is 0.113. The molecular weight excluding hydrogens is 264 g/mol. The number of rotatable bonds is 3. The summed E-state index contributed by atoms with van der Waals surface area (Å²) in [4.78, 5) is 23.6. The zero-order chi connectivity index (χ0) is 14.8. The van der Waals surface area contributed by atoms with Crippen LogP contribution in [-0.4, -0.2) is 16.9 Å². The fraction of sp³-hybridized carbons (Fsp3) is 0.778. The summed E-state index contributed by atoms with van der Waals surface area (Å²) in [5.74, 6) is 2.11. The summed E-state index contributed by atoms with van der Waals surface area (Å²) < 4.78 is 0. The predicted molar refractivity (Wildman–Crippen MR) is 78.6 cm³/mol. The molecule has 4 bridgehead atoms. The Kier molecular flexibility index (Phi) is 2.71. The van der Waals surface area contributed by atoms with Gasteiger partial charge in [-0.25, -0.2) is 0 Å². The zero-order valence-corrected chi connectivity index (χ0v) is 12.7. The molecule has 4 atom stereocenters. The normalized spacial score (nSPS) is 50.2. The summed E-state index contributed by atoms with van der Waals surface area (Å²) in [7, 11) is 0. The highest BCUT2D eigenvalue weighted by atomic mass is 16.4. The van der Waals surface area contributed by atoms with Crippen molar-refractivity contribution in [2.75, 3.05) is 0 Å². The first-order chi connectivity index (χ1) is 9.93. The Balaban J connectivity index is 1.74. The lowest BCUT2D eigenvalue weighted by molar-refractivity contribution is -0.161. The second kappa shape index (κ2) is 4.21. The van der Waals surface area contributed by atoms with Crippen molar-refractivity contribution >= 4 is 11.8 Å². The van der Waals surface area contributed by atoms with E-state index in [0.717, 1.165) is 11.8 Å². The standard InChI is InChI=1S/C18H24O3/c1-17(4-3-15(20)21)14(19)2-5-18-9-11-6-12(10-18)8-13(7-11)16(17)18/h2,5,11-13,16H,3-4,6-10H2,1H3,(H,20,21)/t11?,12?,13?,16?,17-,18?/m1/s1. The van der Waals surface area contributed by atoms with Crippen LogP contribution in [-0.2, 0) is 9.59 Å². The van der Waals surface area contributed by atoms with Crippen LogP contribution in [0.1, 0.15) is 51.9 Å². The topological polar surface area (TPSA) is 54.4 Å². The molecule has 0 aromatic carbocycles. The number of carbonyl (C=O) groups is 2. The van der Waals surface area contributed by atoms with Crippen LogP contribution < -0.4 is 0 Å². The van der Waals surface area contributed by atoms with Crippen LogP contribution in [0, 0.1) is 34.5 Å². The third-order valence-electron chi connectivity index (χ3n) is 7.04. The van der Waals surface area contributed by atoms with Crippen LogP contribution in [0.4, 0.5) is 0 Å². The first kappa shape index (κ1) is 13.5. The maximum atomic E-state index is 12.6. The van der Waals surface area contributed by atoms with E-state index >= 15 is 0 Å². The van der Waals surface area contributed by atoms with Crippen molar-refractivity contribution in [1.82, 2.24) is 0 Å². The molecule has 5 rings (SSSR count). The van der Waals surface area contributed by atoms with E-state index in [1.165, 1.54) is 32.1 Å². The van der Waals surface area contributed by atoms with Crippen molar-refractivity contribution in [1.29, 1.82) is 0 Å². The number of carboxylic acid groups (broad SMARTS) is 1. The van der Waals surface area contributed by atoms with E-state index in [0.29, 0.717) is 18.3 Å². The van der Waals surface area contributed by atoms with E-state index < -0.39 is 11.4 Å². The SMILES string of the molecule is C[C@@]1(CCC(=O)O)C(=O)C=CC23CC4CC(CC(C4)C21)C3. The van der Waals surface area contributed by atoms with Gasteiger partial charge >= 0.3 is 5.97 Å². The molecule has 5 aliphatic rings. The summed E-state index contributed by atoms with van der Waals surface area (Å²) in [6.07, 6.45) is 11.0. The first-order valence-corrected chi connectivity index (χ1v) is 8.38. The largest absolute Gasteiger partial charge is 0.481 e. The summed E-state index contributed by atoms with van der Waals surface area (Å²) >= 11 is 0. The van der Waals surface area contributed by atoms with Gasteiger partial charge in [0.05, 0.1) is 0 Å². The number of allylic oxidation sites excluding steroid dienone is 2. The van der Waals surface area contributed by atoms with Crippen molar-refractivity contribution in [3.05, 3.63) is 12.2 Å². The molecule has 0 aromatic rings. The second-order valence-corrected chi connectivity index (χ2v) is 8.33. The highest BCUT2D eigenvalue weighted by molar-refractivity contribution is 5.96. The first-order valence-electron chi connectivity index (χ1n) is 8.38. The number of hydrogen-bond acceptors (Lipinski definition) is 2. The van der Waals surface area contributed by atoms with E-state index in [1.54, 1.807) is 6.08 Å². The van der Waals surface area contributed by atoms with Crippen LogP contribution >= 0.6 is 0 Å². The molecule has 1 spiro atoms. The molecule has 0 saturated heterocycles. The van der Waals surface area contributed by atoms with Crippen LogP contribution in [0.5, 0.6) is 0 Å². The van der Waals surface area contributed by atoms with Crippen molar-refractivity contribution in [3.8, 4) is 0 Å². The number of carbonyl (C=O) groups excluding carboxylic acids is 1. The number of ketones is 1. The molecule has 3 unspecified atom stereocenters. The molecule has 0 heterocycles. The molecule has 5 aliphatic carbocycles. The lowest BCUT2D eigenvalue weighted by Gasteiger charge is -2.65. The molecule has 4 saturated carbocycles. The van der Waals surface area contributed by atoms with E-state index in [4.69, 9.17) is 5.11 Å². The Labute approximate surface area is 125 Å². The van der Waals surface area contributed by atoms with Gasteiger partial charge in [-0.3, -0.25) is 9.59 Å². The summed E-state index contributed by atoms with van der Waals surface area (Å²) in [6, 6.07) is 0. The van der Waals surface area contributed by atoms with Gasteiger partial charge in [0.15, 0.2) is 5.78 Å². The fourth-order valence-corrected chi connectivity index (χ4v) is 6.73. The highest BCUT2D eigenvalue weighted by Crippen LogP contribution is 2.69. The monoisotopic (exact) mass is 288 g/mol. The Bertz CT molecular complexity index is 521. The van der Waals surface area contributed by atoms with Crippen molar-refractivity contribution < 1.29 is 14.7 Å². The average Bonchev–Trinajstić information content (AvgIpc) is 2.40. The molecule has 0 amide bonds. The van der Waals surface area contributed by atoms with Crippen LogP contribution in [0.3, 0.4) is 0 Å². The van der Waals surface area contributed by atoms with Gasteiger partial charge in [0, 0.05) is 11.8 Å². The Morgan fingerprint density at radius 2 is 1.95 bits per heavy atom. The maximum absolute atomic E-state index is 12.6.